The van der Waals surface area contributed by atoms with E-state index in [1.807, 2.05) is 0 Å². The van der Waals surface area contributed by atoms with Crippen molar-refractivity contribution in [2.45, 2.75) is 50.8 Å². The van der Waals surface area contributed by atoms with Crippen LogP contribution in [0.25, 0.3) is 11.0 Å². The van der Waals surface area contributed by atoms with Crippen LogP contribution >= 0.6 is 0 Å². The minimum Gasteiger partial charge on any atom is -0.406 e. The third-order valence-corrected chi connectivity index (χ3v) is 6.88. The number of aryl methyl sites for hydroxylation is 2. The van der Waals surface area contributed by atoms with Gasteiger partial charge in [-0.25, -0.2) is 9.37 Å². The van der Waals surface area contributed by atoms with E-state index in [2.05, 4.69) is 14.7 Å². The van der Waals surface area contributed by atoms with Crippen LogP contribution in [-0.4, -0.2) is 45.9 Å². The number of pyridine rings is 1. The molecule has 0 radical (unpaired) electrons. The number of amides is 1. The Morgan fingerprint density at radius 2 is 1.80 bits per heavy atom. The molecule has 35 heavy (non-hydrogen) atoms. The van der Waals surface area contributed by atoms with E-state index in [-0.39, 0.29) is 30.4 Å². The summed E-state index contributed by atoms with van der Waals surface area (Å²) < 4.78 is 56.1. The van der Waals surface area contributed by atoms with E-state index < -0.39 is 6.36 Å². The molecule has 3 aromatic rings. The van der Waals surface area contributed by atoms with Crippen LogP contribution in [0.15, 0.2) is 30.5 Å². The highest BCUT2D eigenvalue weighted by molar-refractivity contribution is 5.94. The fraction of sp³-hybridized carbons (Fsp3) is 0.400. The molecule has 0 saturated carbocycles. The predicted octanol–water partition coefficient (Wildman–Crippen LogP) is 5.76. The number of rotatable bonds is 3. The summed E-state index contributed by atoms with van der Waals surface area (Å²) in [4.78, 5) is 22.1. The van der Waals surface area contributed by atoms with Gasteiger partial charge >= 0.3 is 6.36 Å². The zero-order valence-corrected chi connectivity index (χ0v) is 18.8. The number of alkyl halides is 3. The Kier molecular flexibility index (Phi) is 5.98. The van der Waals surface area contributed by atoms with Crippen molar-refractivity contribution < 1.29 is 28.5 Å². The van der Waals surface area contributed by atoms with E-state index >= 15 is 4.39 Å². The number of H-pyrrole nitrogens is 1. The second-order valence-electron chi connectivity index (χ2n) is 9.07. The quantitative estimate of drug-likeness (QED) is 0.362. The van der Waals surface area contributed by atoms with E-state index in [0.717, 1.165) is 28.8 Å². The van der Waals surface area contributed by atoms with Crippen molar-refractivity contribution in [3.8, 4) is 5.75 Å². The van der Waals surface area contributed by atoms with Crippen molar-refractivity contribution in [3.63, 3.8) is 0 Å². The number of fused-ring (bicyclic) bond motifs is 3. The van der Waals surface area contributed by atoms with Crippen LogP contribution in [0.1, 0.15) is 60.2 Å². The summed E-state index contributed by atoms with van der Waals surface area (Å²) >= 11 is 0. The Labute approximate surface area is 200 Å². The Bertz CT molecular complexity index is 1280. The summed E-state index contributed by atoms with van der Waals surface area (Å²) in [6.45, 7) is 0.815. The van der Waals surface area contributed by atoms with Crippen LogP contribution in [0.3, 0.4) is 0 Å². The average Bonchev–Trinajstić information content (AvgIpc) is 3.07. The van der Waals surface area contributed by atoms with Gasteiger partial charge in [0.1, 0.15) is 17.2 Å². The van der Waals surface area contributed by atoms with E-state index in [4.69, 9.17) is 5.41 Å². The lowest BCUT2D eigenvalue weighted by atomic mass is 9.86. The van der Waals surface area contributed by atoms with Gasteiger partial charge in [0, 0.05) is 42.4 Å². The van der Waals surface area contributed by atoms with Gasteiger partial charge in [-0.05, 0) is 74.3 Å². The fourth-order valence-corrected chi connectivity index (χ4v) is 5.19. The first-order valence-electron chi connectivity index (χ1n) is 11.6. The number of nitrogens with zero attached hydrogens (tertiary/aromatic N) is 2. The van der Waals surface area contributed by atoms with Gasteiger partial charge < -0.3 is 20.0 Å². The highest BCUT2D eigenvalue weighted by Gasteiger charge is 2.32. The largest absolute Gasteiger partial charge is 0.573 e. The van der Waals surface area contributed by atoms with Crippen LogP contribution in [-0.2, 0) is 12.8 Å². The lowest BCUT2D eigenvalue weighted by molar-refractivity contribution is -0.274. The normalized spacial score (nSPS) is 17.4. The number of piperidine rings is 1. The number of likely N-dealkylation sites (tertiary alicyclic amines) is 1. The molecule has 1 saturated heterocycles. The summed E-state index contributed by atoms with van der Waals surface area (Å²) in [6, 6.07) is 4.87. The number of hydrogen-bond acceptors (Lipinski definition) is 4. The van der Waals surface area contributed by atoms with E-state index in [1.165, 1.54) is 18.3 Å². The first-order valence-corrected chi connectivity index (χ1v) is 11.6. The second kappa shape index (κ2) is 8.98. The van der Waals surface area contributed by atoms with Crippen LogP contribution in [0, 0.1) is 11.2 Å². The molecule has 2 aliphatic rings. The second-order valence-corrected chi connectivity index (χ2v) is 9.07. The van der Waals surface area contributed by atoms with Gasteiger partial charge in [0.15, 0.2) is 0 Å². The first-order chi connectivity index (χ1) is 16.7. The lowest BCUT2D eigenvalue weighted by Gasteiger charge is -2.33. The van der Waals surface area contributed by atoms with Crippen molar-refractivity contribution in [2.24, 2.45) is 0 Å². The molecule has 0 bridgehead atoms. The van der Waals surface area contributed by atoms with Crippen LogP contribution in [0.5, 0.6) is 5.75 Å². The predicted molar refractivity (Wildman–Crippen MR) is 124 cm³/mol. The van der Waals surface area contributed by atoms with Gasteiger partial charge in [-0.2, -0.15) is 0 Å². The summed E-state index contributed by atoms with van der Waals surface area (Å²) in [6.07, 6.45) is 0.304. The smallest absolute Gasteiger partial charge is 0.406 e. The third-order valence-electron chi connectivity index (χ3n) is 6.88. The van der Waals surface area contributed by atoms with E-state index in [9.17, 15) is 18.0 Å². The molecular weight excluding hydrogens is 464 g/mol. The molecule has 6 nitrogen and oxygen atoms in total. The van der Waals surface area contributed by atoms with Gasteiger partial charge in [-0.15, -0.1) is 13.2 Å². The molecule has 0 unspecified atom stereocenters. The summed E-state index contributed by atoms with van der Waals surface area (Å²) in [7, 11) is 0. The van der Waals surface area contributed by atoms with Crippen molar-refractivity contribution in [1.29, 1.82) is 5.41 Å². The molecule has 1 aliphatic heterocycles. The number of carbonyl (C=O) groups excluding carboxylic acids is 1. The lowest BCUT2D eigenvalue weighted by Crippen LogP contribution is -2.38. The molecule has 0 atom stereocenters. The van der Waals surface area contributed by atoms with Crippen molar-refractivity contribution in [2.75, 3.05) is 13.1 Å². The average molecular weight is 491 g/mol. The highest BCUT2D eigenvalue weighted by Crippen LogP contribution is 2.38. The number of aromatic nitrogens is 2. The van der Waals surface area contributed by atoms with Gasteiger partial charge in [0.25, 0.3) is 5.91 Å². The maximum absolute atomic E-state index is 15.1. The molecule has 2 aromatic heterocycles. The van der Waals surface area contributed by atoms with Gasteiger partial charge in [0.05, 0.1) is 6.20 Å². The zero-order valence-electron chi connectivity index (χ0n) is 18.8. The van der Waals surface area contributed by atoms with Crippen molar-refractivity contribution in [3.05, 3.63) is 58.7 Å². The molecule has 1 aromatic carbocycles. The SMILES string of the molecule is N=C1CCc2[nH]c3ncc(F)c(C4CCN(C(=O)c5ccc(OC(F)(F)F)cc5)CC4)c3c2CC1.[HH]. The maximum Gasteiger partial charge on any atom is 0.573 e. The Morgan fingerprint density at radius 3 is 2.49 bits per heavy atom. The first kappa shape index (κ1) is 23.3. The molecule has 2 N–H and O–H groups in total. The zero-order chi connectivity index (χ0) is 24.7. The summed E-state index contributed by atoms with van der Waals surface area (Å²) in [5.74, 6) is -1.11. The monoisotopic (exact) mass is 490 g/mol. The van der Waals surface area contributed by atoms with E-state index in [0.29, 0.717) is 68.5 Å². The molecule has 1 aliphatic carbocycles. The Balaban J connectivity index is 0.00000304. The number of halogens is 4. The Morgan fingerprint density at radius 1 is 1.11 bits per heavy atom. The molecule has 0 spiro atoms. The van der Waals surface area contributed by atoms with Crippen molar-refractivity contribution in [1.82, 2.24) is 14.9 Å². The Hall–Kier alpha value is -3.43. The fourth-order valence-electron chi connectivity index (χ4n) is 5.19. The van der Waals surface area contributed by atoms with Crippen LogP contribution < -0.4 is 4.74 Å². The number of ether oxygens (including phenoxy) is 1. The van der Waals surface area contributed by atoms with Gasteiger partial charge in [-0.3, -0.25) is 4.79 Å². The molecular formula is C25H26F4N4O2. The number of aromatic amines is 1. The molecule has 5 rings (SSSR count). The van der Waals surface area contributed by atoms with Gasteiger partial charge in [0.2, 0.25) is 0 Å². The maximum atomic E-state index is 15.1. The number of hydrogen-bond donors (Lipinski definition) is 2. The minimum atomic E-state index is -4.79. The minimum absolute atomic E-state index is 0. The van der Waals surface area contributed by atoms with Gasteiger partial charge in [-0.1, -0.05) is 0 Å². The number of carbonyl (C=O) groups is 1. The molecule has 1 fully saturated rings. The molecule has 10 heteroatoms. The highest BCUT2D eigenvalue weighted by atomic mass is 19.4. The summed E-state index contributed by atoms with van der Waals surface area (Å²) in [5.41, 5.74) is 4.32. The van der Waals surface area contributed by atoms with Crippen molar-refractivity contribution >= 4 is 22.7 Å². The number of benzene rings is 1. The summed E-state index contributed by atoms with van der Waals surface area (Å²) in [5, 5.41) is 8.85. The number of nitrogens with one attached hydrogen (secondary N) is 2. The van der Waals surface area contributed by atoms with Crippen LogP contribution in [0.4, 0.5) is 17.6 Å². The standard InChI is InChI=1S/C25H24F4N4O2.H2/c26-19-13-31-23-22(18-7-3-16(30)4-8-20(18)32-23)21(19)14-9-11-33(12-10-14)24(34)15-1-5-17(6-2-15)35-25(27,28)29;/h1-2,5-6,13-14,30H,3-4,7-12H2,(H,31,32);1H. The topological polar surface area (TPSA) is 82.1 Å². The third kappa shape index (κ3) is 4.74. The van der Waals surface area contributed by atoms with Crippen LogP contribution in [0.2, 0.25) is 0 Å². The molecule has 3 heterocycles. The van der Waals surface area contributed by atoms with E-state index in [1.54, 1.807) is 4.90 Å². The molecule has 186 valence electrons. The molecule has 1 amide bonds.